The SMILES string of the molecule is CC(=O)c1ccc(N2CCN(C(=O)c3sccc3NC(=O)c3cnccn3)CC2)cc1. The molecule has 0 atom stereocenters. The van der Waals surface area contributed by atoms with Crippen LogP contribution in [0, 0.1) is 0 Å². The predicted molar refractivity (Wildman–Crippen MR) is 119 cm³/mol. The van der Waals surface area contributed by atoms with Crippen LogP contribution in [-0.4, -0.2) is 58.6 Å². The van der Waals surface area contributed by atoms with Crippen molar-refractivity contribution in [2.75, 3.05) is 36.4 Å². The molecule has 0 saturated carbocycles. The van der Waals surface area contributed by atoms with Crippen molar-refractivity contribution < 1.29 is 14.4 Å². The Morgan fingerprint density at radius 1 is 1.00 bits per heavy atom. The van der Waals surface area contributed by atoms with Gasteiger partial charge in [0, 0.05) is 49.8 Å². The summed E-state index contributed by atoms with van der Waals surface area (Å²) in [6.45, 7) is 4.08. The van der Waals surface area contributed by atoms with Gasteiger partial charge in [-0.1, -0.05) is 0 Å². The first kappa shape index (κ1) is 20.7. The highest BCUT2D eigenvalue weighted by Crippen LogP contribution is 2.26. The molecule has 0 bridgehead atoms. The molecule has 31 heavy (non-hydrogen) atoms. The first-order chi connectivity index (χ1) is 15.0. The molecule has 1 aliphatic heterocycles. The van der Waals surface area contributed by atoms with Crippen LogP contribution in [0.5, 0.6) is 0 Å². The number of ketones is 1. The van der Waals surface area contributed by atoms with E-state index in [1.807, 2.05) is 24.3 Å². The summed E-state index contributed by atoms with van der Waals surface area (Å²) in [5.41, 5.74) is 2.39. The molecule has 3 aromatic rings. The Bertz CT molecular complexity index is 1090. The minimum absolute atomic E-state index is 0.0418. The van der Waals surface area contributed by atoms with E-state index in [-0.39, 0.29) is 17.4 Å². The lowest BCUT2D eigenvalue weighted by Crippen LogP contribution is -2.48. The number of nitrogens with one attached hydrogen (secondary N) is 1. The van der Waals surface area contributed by atoms with Gasteiger partial charge in [0.25, 0.3) is 11.8 Å². The van der Waals surface area contributed by atoms with E-state index >= 15 is 0 Å². The van der Waals surface area contributed by atoms with Crippen molar-refractivity contribution in [1.82, 2.24) is 14.9 Å². The van der Waals surface area contributed by atoms with E-state index in [9.17, 15) is 14.4 Å². The van der Waals surface area contributed by atoms with E-state index in [1.165, 1.54) is 29.9 Å². The van der Waals surface area contributed by atoms with Crippen molar-refractivity contribution in [3.05, 3.63) is 70.4 Å². The van der Waals surface area contributed by atoms with Gasteiger partial charge in [0.15, 0.2) is 5.78 Å². The van der Waals surface area contributed by atoms with Crippen LogP contribution in [0.25, 0.3) is 0 Å². The third-order valence-electron chi connectivity index (χ3n) is 5.11. The number of aromatic nitrogens is 2. The average molecular weight is 436 g/mol. The quantitative estimate of drug-likeness (QED) is 0.619. The Labute approximate surface area is 183 Å². The molecule has 0 unspecified atom stereocenters. The highest BCUT2D eigenvalue weighted by molar-refractivity contribution is 7.12. The summed E-state index contributed by atoms with van der Waals surface area (Å²) in [5.74, 6) is -0.462. The van der Waals surface area contributed by atoms with Crippen LogP contribution in [0.2, 0.25) is 0 Å². The number of piperazine rings is 1. The summed E-state index contributed by atoms with van der Waals surface area (Å²) in [5, 5.41) is 4.54. The molecule has 1 aromatic carbocycles. The van der Waals surface area contributed by atoms with Crippen LogP contribution in [0.1, 0.15) is 37.4 Å². The molecule has 0 radical (unpaired) electrons. The third kappa shape index (κ3) is 4.61. The first-order valence-corrected chi connectivity index (χ1v) is 10.7. The molecule has 2 aromatic heterocycles. The van der Waals surface area contributed by atoms with Gasteiger partial charge in [-0.25, -0.2) is 4.98 Å². The zero-order valence-corrected chi connectivity index (χ0v) is 17.8. The zero-order chi connectivity index (χ0) is 21.8. The largest absolute Gasteiger partial charge is 0.368 e. The molecule has 0 aliphatic carbocycles. The molecule has 1 saturated heterocycles. The molecule has 0 spiro atoms. The van der Waals surface area contributed by atoms with Crippen molar-refractivity contribution in [2.45, 2.75) is 6.92 Å². The van der Waals surface area contributed by atoms with Crippen LogP contribution >= 0.6 is 11.3 Å². The summed E-state index contributed by atoms with van der Waals surface area (Å²) in [6.07, 6.45) is 4.32. The van der Waals surface area contributed by atoms with Gasteiger partial charge in [-0.3, -0.25) is 19.4 Å². The van der Waals surface area contributed by atoms with Crippen LogP contribution in [-0.2, 0) is 0 Å². The molecule has 158 valence electrons. The van der Waals surface area contributed by atoms with Crippen LogP contribution in [0.3, 0.4) is 0 Å². The first-order valence-electron chi connectivity index (χ1n) is 9.83. The smallest absolute Gasteiger partial charge is 0.275 e. The summed E-state index contributed by atoms with van der Waals surface area (Å²) < 4.78 is 0. The summed E-state index contributed by atoms with van der Waals surface area (Å²) >= 11 is 1.30. The fraction of sp³-hybridized carbons (Fsp3) is 0.227. The number of rotatable bonds is 5. The molecule has 9 heteroatoms. The van der Waals surface area contributed by atoms with E-state index in [2.05, 4.69) is 20.2 Å². The molecule has 2 amide bonds. The van der Waals surface area contributed by atoms with Crippen molar-refractivity contribution in [3.63, 3.8) is 0 Å². The van der Waals surface area contributed by atoms with E-state index in [0.29, 0.717) is 42.3 Å². The molecule has 4 rings (SSSR count). The number of Topliss-reactive ketones (excluding diaryl/α,β-unsaturated/α-hetero) is 1. The zero-order valence-electron chi connectivity index (χ0n) is 16.9. The van der Waals surface area contributed by atoms with E-state index in [1.54, 1.807) is 23.3 Å². The number of thiophene rings is 1. The molecule has 8 nitrogen and oxygen atoms in total. The van der Waals surface area contributed by atoms with E-state index < -0.39 is 5.91 Å². The number of benzene rings is 1. The van der Waals surface area contributed by atoms with Gasteiger partial charge >= 0.3 is 0 Å². The number of carbonyl (C=O) groups excluding carboxylic acids is 3. The topological polar surface area (TPSA) is 95.5 Å². The number of anilines is 2. The Morgan fingerprint density at radius 3 is 2.39 bits per heavy atom. The van der Waals surface area contributed by atoms with Gasteiger partial charge in [0.2, 0.25) is 0 Å². The monoisotopic (exact) mass is 435 g/mol. The number of amides is 2. The van der Waals surface area contributed by atoms with Gasteiger partial charge < -0.3 is 15.1 Å². The number of hydrogen-bond donors (Lipinski definition) is 1. The molecular weight excluding hydrogens is 414 g/mol. The van der Waals surface area contributed by atoms with Crippen molar-refractivity contribution in [2.24, 2.45) is 0 Å². The Balaban J connectivity index is 1.39. The van der Waals surface area contributed by atoms with Crippen molar-refractivity contribution in [1.29, 1.82) is 0 Å². The van der Waals surface area contributed by atoms with Crippen LogP contribution in [0.4, 0.5) is 11.4 Å². The van der Waals surface area contributed by atoms with Crippen LogP contribution < -0.4 is 10.2 Å². The maximum Gasteiger partial charge on any atom is 0.275 e. The second-order valence-corrected chi connectivity index (χ2v) is 8.01. The Kier molecular flexibility index (Phi) is 6.03. The maximum absolute atomic E-state index is 13.1. The second kappa shape index (κ2) is 9.05. The maximum atomic E-state index is 13.1. The van der Waals surface area contributed by atoms with Crippen molar-refractivity contribution >= 4 is 40.3 Å². The molecular formula is C22H21N5O3S. The Hall–Kier alpha value is -3.59. The van der Waals surface area contributed by atoms with Gasteiger partial charge in [-0.2, -0.15) is 0 Å². The van der Waals surface area contributed by atoms with Gasteiger partial charge in [-0.15, -0.1) is 11.3 Å². The van der Waals surface area contributed by atoms with Gasteiger partial charge in [0.05, 0.1) is 11.9 Å². The van der Waals surface area contributed by atoms with Crippen LogP contribution in [0.15, 0.2) is 54.3 Å². The number of nitrogens with zero attached hydrogens (tertiary/aromatic N) is 4. The summed E-state index contributed by atoms with van der Waals surface area (Å²) in [6, 6.07) is 9.25. The van der Waals surface area contributed by atoms with E-state index in [0.717, 1.165) is 5.69 Å². The lowest BCUT2D eigenvalue weighted by molar-refractivity contribution is 0.0752. The lowest BCUT2D eigenvalue weighted by atomic mass is 10.1. The summed E-state index contributed by atoms with van der Waals surface area (Å²) in [7, 11) is 0. The van der Waals surface area contributed by atoms with Gasteiger partial charge in [0.1, 0.15) is 10.6 Å². The molecule has 1 fully saturated rings. The molecule has 3 heterocycles. The Morgan fingerprint density at radius 2 is 1.74 bits per heavy atom. The minimum Gasteiger partial charge on any atom is -0.368 e. The fourth-order valence-corrected chi connectivity index (χ4v) is 4.21. The standard InChI is InChI=1S/C22H21N5O3S/c1-15(28)16-2-4-17(5-3-16)26-9-11-27(12-10-26)22(30)20-18(6-13-31-20)25-21(29)19-14-23-7-8-24-19/h2-8,13-14H,9-12H2,1H3,(H,25,29). The lowest BCUT2D eigenvalue weighted by Gasteiger charge is -2.36. The highest BCUT2D eigenvalue weighted by atomic mass is 32.1. The predicted octanol–water partition coefficient (Wildman–Crippen LogP) is 2.96. The van der Waals surface area contributed by atoms with Crippen molar-refractivity contribution in [3.8, 4) is 0 Å². The highest BCUT2D eigenvalue weighted by Gasteiger charge is 2.25. The fourth-order valence-electron chi connectivity index (χ4n) is 3.39. The molecule has 1 aliphatic rings. The summed E-state index contributed by atoms with van der Waals surface area (Å²) in [4.78, 5) is 49.2. The third-order valence-corrected chi connectivity index (χ3v) is 6.01. The normalized spacial score (nSPS) is 13.7. The molecule has 1 N–H and O–H groups in total. The second-order valence-electron chi connectivity index (χ2n) is 7.09. The number of hydrogen-bond acceptors (Lipinski definition) is 7. The number of carbonyl (C=O) groups is 3. The van der Waals surface area contributed by atoms with Gasteiger partial charge in [-0.05, 0) is 42.6 Å². The average Bonchev–Trinajstić information content (AvgIpc) is 3.27. The van der Waals surface area contributed by atoms with E-state index in [4.69, 9.17) is 0 Å². The minimum atomic E-state index is -0.403.